The molecule has 0 saturated carbocycles. The smallest absolute Gasteiger partial charge is 0.255 e. The van der Waals surface area contributed by atoms with E-state index >= 15 is 0 Å². The van der Waals surface area contributed by atoms with E-state index in [4.69, 9.17) is 0 Å². The Bertz CT molecular complexity index is 848. The summed E-state index contributed by atoms with van der Waals surface area (Å²) in [6.45, 7) is 3.75. The Morgan fingerprint density at radius 2 is 1.70 bits per heavy atom. The van der Waals surface area contributed by atoms with Crippen molar-refractivity contribution in [3.8, 4) is 11.4 Å². The molecule has 0 saturated heterocycles. The predicted molar refractivity (Wildman–Crippen MR) is 80.7 cm³/mol. The van der Waals surface area contributed by atoms with Crippen LogP contribution in [0.1, 0.15) is 11.1 Å². The van der Waals surface area contributed by atoms with Gasteiger partial charge in [0.1, 0.15) is 5.75 Å². The molecule has 20 heavy (non-hydrogen) atoms. The fourth-order valence-corrected chi connectivity index (χ4v) is 2.61. The molecule has 100 valence electrons. The number of pyridine rings is 1. The van der Waals surface area contributed by atoms with E-state index in [0.29, 0.717) is 0 Å². The first kappa shape index (κ1) is 12.5. The van der Waals surface area contributed by atoms with Gasteiger partial charge in [-0.25, -0.2) is 0 Å². The molecule has 0 aliphatic rings. The minimum absolute atomic E-state index is 0.0915. The van der Waals surface area contributed by atoms with Crippen LogP contribution in [0.15, 0.2) is 53.3 Å². The fourth-order valence-electron chi connectivity index (χ4n) is 2.61. The van der Waals surface area contributed by atoms with Crippen LogP contribution in [0.25, 0.3) is 16.6 Å². The van der Waals surface area contributed by atoms with Crippen molar-refractivity contribution >= 4 is 10.9 Å². The summed E-state index contributed by atoms with van der Waals surface area (Å²) in [5.74, 6) is 0.210. The molecule has 2 aromatic carbocycles. The zero-order chi connectivity index (χ0) is 14.3. The van der Waals surface area contributed by atoms with E-state index < -0.39 is 0 Å². The third-order valence-corrected chi connectivity index (χ3v) is 3.45. The zero-order valence-electron chi connectivity index (χ0n) is 11.4. The molecule has 0 fully saturated rings. The molecular formula is C17H15NO2. The Morgan fingerprint density at radius 1 is 1.00 bits per heavy atom. The van der Waals surface area contributed by atoms with Gasteiger partial charge in [0.25, 0.3) is 5.56 Å². The van der Waals surface area contributed by atoms with E-state index in [2.05, 4.69) is 0 Å². The maximum Gasteiger partial charge on any atom is 0.255 e. The largest absolute Gasteiger partial charge is 0.507 e. The third-order valence-electron chi connectivity index (χ3n) is 3.45. The van der Waals surface area contributed by atoms with Crippen molar-refractivity contribution in [3.63, 3.8) is 0 Å². The van der Waals surface area contributed by atoms with Crippen LogP contribution in [0.3, 0.4) is 0 Å². The van der Waals surface area contributed by atoms with E-state index in [1.165, 1.54) is 0 Å². The lowest BCUT2D eigenvalue weighted by Gasteiger charge is -2.14. The maximum absolute atomic E-state index is 12.4. The summed E-state index contributed by atoms with van der Waals surface area (Å²) in [5, 5.41) is 10.9. The number of benzene rings is 2. The third kappa shape index (κ3) is 1.88. The lowest BCUT2D eigenvalue weighted by atomic mass is 10.1. The highest BCUT2D eigenvalue weighted by Crippen LogP contribution is 2.29. The first-order valence-electron chi connectivity index (χ1n) is 6.49. The molecule has 0 aliphatic carbocycles. The number of para-hydroxylation sites is 1. The summed E-state index contributed by atoms with van der Waals surface area (Å²) in [5.41, 5.74) is 3.15. The highest BCUT2D eigenvalue weighted by molar-refractivity contribution is 5.90. The lowest BCUT2D eigenvalue weighted by Crippen LogP contribution is -2.18. The molecule has 0 amide bonds. The summed E-state index contributed by atoms with van der Waals surface area (Å²) in [7, 11) is 0. The number of fused-ring (bicyclic) bond motifs is 1. The quantitative estimate of drug-likeness (QED) is 0.733. The van der Waals surface area contributed by atoms with Crippen LogP contribution in [0.5, 0.6) is 5.75 Å². The molecule has 3 nitrogen and oxygen atoms in total. The van der Waals surface area contributed by atoms with Gasteiger partial charge in [-0.3, -0.25) is 9.36 Å². The van der Waals surface area contributed by atoms with Gasteiger partial charge >= 0.3 is 0 Å². The minimum Gasteiger partial charge on any atom is -0.507 e. The van der Waals surface area contributed by atoms with Crippen molar-refractivity contribution in [1.29, 1.82) is 0 Å². The van der Waals surface area contributed by atoms with Crippen molar-refractivity contribution in [1.82, 2.24) is 4.57 Å². The summed E-state index contributed by atoms with van der Waals surface area (Å²) < 4.78 is 1.63. The Labute approximate surface area is 116 Å². The number of hydrogen-bond acceptors (Lipinski definition) is 2. The van der Waals surface area contributed by atoms with Crippen molar-refractivity contribution in [2.75, 3.05) is 0 Å². The van der Waals surface area contributed by atoms with Crippen LogP contribution in [0.4, 0.5) is 0 Å². The number of aromatic hydroxyl groups is 1. The number of nitrogens with zero attached hydrogens (tertiary/aromatic N) is 1. The average molecular weight is 265 g/mol. The molecule has 0 spiro atoms. The summed E-state index contributed by atoms with van der Waals surface area (Å²) >= 11 is 0. The van der Waals surface area contributed by atoms with E-state index in [0.717, 1.165) is 27.7 Å². The molecule has 1 aromatic heterocycles. The van der Waals surface area contributed by atoms with E-state index in [1.54, 1.807) is 16.7 Å². The predicted octanol–water partition coefficient (Wildman–Crippen LogP) is 3.31. The molecule has 3 rings (SSSR count). The first-order chi connectivity index (χ1) is 9.58. The van der Waals surface area contributed by atoms with E-state index in [-0.39, 0.29) is 11.3 Å². The SMILES string of the molecule is Cc1cc(O)c2c(C)cc(=O)n(-c3ccccc3)c2c1. The number of aryl methyl sites for hydroxylation is 2. The van der Waals surface area contributed by atoms with Crippen LogP contribution < -0.4 is 5.56 Å². The Hall–Kier alpha value is -2.55. The van der Waals surface area contributed by atoms with Gasteiger partial charge in [-0.2, -0.15) is 0 Å². The Kier molecular flexibility index (Phi) is 2.83. The van der Waals surface area contributed by atoms with Gasteiger partial charge in [0, 0.05) is 17.1 Å². The average Bonchev–Trinajstić information content (AvgIpc) is 2.38. The number of hydrogen-bond donors (Lipinski definition) is 1. The second-order valence-corrected chi connectivity index (χ2v) is 5.01. The van der Waals surface area contributed by atoms with Crippen molar-refractivity contribution in [3.05, 3.63) is 70.0 Å². The molecule has 0 bridgehead atoms. The molecule has 3 heteroatoms. The Balaban J connectivity index is 2.52. The van der Waals surface area contributed by atoms with E-state index in [9.17, 15) is 9.90 Å². The maximum atomic E-state index is 12.4. The highest BCUT2D eigenvalue weighted by Gasteiger charge is 2.11. The van der Waals surface area contributed by atoms with Gasteiger partial charge in [0.05, 0.1) is 5.52 Å². The van der Waals surface area contributed by atoms with Crippen LogP contribution >= 0.6 is 0 Å². The highest BCUT2D eigenvalue weighted by atomic mass is 16.3. The molecule has 0 atom stereocenters. The number of phenolic OH excluding ortho intramolecular Hbond substituents is 1. The van der Waals surface area contributed by atoms with Crippen LogP contribution in [0, 0.1) is 13.8 Å². The standard InChI is InChI=1S/C17H15NO2/c1-11-8-14-17(15(19)9-11)12(2)10-16(20)18(14)13-6-4-3-5-7-13/h3-10,19H,1-2H3. The van der Waals surface area contributed by atoms with Crippen LogP contribution in [-0.4, -0.2) is 9.67 Å². The minimum atomic E-state index is -0.0915. The molecule has 0 unspecified atom stereocenters. The zero-order valence-corrected chi connectivity index (χ0v) is 11.4. The topological polar surface area (TPSA) is 42.2 Å². The van der Waals surface area contributed by atoms with Gasteiger partial charge in [-0.1, -0.05) is 18.2 Å². The van der Waals surface area contributed by atoms with Crippen molar-refractivity contribution < 1.29 is 5.11 Å². The van der Waals surface area contributed by atoms with Crippen molar-refractivity contribution in [2.45, 2.75) is 13.8 Å². The second-order valence-electron chi connectivity index (χ2n) is 5.01. The second kappa shape index (κ2) is 4.53. The van der Waals surface area contributed by atoms with Gasteiger partial charge < -0.3 is 5.11 Å². The summed E-state index contributed by atoms with van der Waals surface area (Å²) in [4.78, 5) is 12.4. The molecule has 1 heterocycles. The molecule has 0 aliphatic heterocycles. The molecular weight excluding hydrogens is 250 g/mol. The fraction of sp³-hybridized carbons (Fsp3) is 0.118. The number of phenols is 1. The summed E-state index contributed by atoms with van der Waals surface area (Å²) in [6, 6.07) is 14.7. The van der Waals surface area contributed by atoms with Gasteiger partial charge in [-0.15, -0.1) is 0 Å². The number of aromatic nitrogens is 1. The molecule has 0 radical (unpaired) electrons. The molecule has 3 aromatic rings. The van der Waals surface area contributed by atoms with Crippen LogP contribution in [-0.2, 0) is 0 Å². The van der Waals surface area contributed by atoms with Gasteiger partial charge in [-0.05, 0) is 49.2 Å². The number of rotatable bonds is 1. The summed E-state index contributed by atoms with van der Waals surface area (Å²) in [6.07, 6.45) is 0. The lowest BCUT2D eigenvalue weighted by molar-refractivity contribution is 0.481. The van der Waals surface area contributed by atoms with Crippen LogP contribution in [0.2, 0.25) is 0 Å². The van der Waals surface area contributed by atoms with Gasteiger partial charge in [0.2, 0.25) is 0 Å². The monoisotopic (exact) mass is 265 g/mol. The van der Waals surface area contributed by atoms with Gasteiger partial charge in [0.15, 0.2) is 0 Å². The normalized spacial score (nSPS) is 10.9. The van der Waals surface area contributed by atoms with Crippen molar-refractivity contribution in [2.24, 2.45) is 0 Å². The Morgan fingerprint density at radius 3 is 2.40 bits per heavy atom. The van der Waals surface area contributed by atoms with E-state index in [1.807, 2.05) is 50.2 Å². The first-order valence-corrected chi connectivity index (χ1v) is 6.49. The molecule has 1 N–H and O–H groups in total.